The number of hydrogen-bond donors (Lipinski definition) is 0. The molecule has 2 heterocycles. The Morgan fingerprint density at radius 2 is 1.72 bits per heavy atom. The molecule has 2 aromatic carbocycles. The Bertz CT molecular complexity index is 846. The number of piperidine rings is 1. The molecule has 1 aliphatic rings. The summed E-state index contributed by atoms with van der Waals surface area (Å²) in [5.41, 5.74) is 1.63. The van der Waals surface area contributed by atoms with Crippen LogP contribution >= 0.6 is 0 Å². The minimum Gasteiger partial charge on any atom is -0.420 e. The molecule has 3 aromatic rings. The van der Waals surface area contributed by atoms with Crippen molar-refractivity contribution >= 4 is 5.91 Å². The van der Waals surface area contributed by atoms with Crippen molar-refractivity contribution in [2.24, 2.45) is 0 Å². The predicted molar refractivity (Wildman–Crippen MR) is 94.1 cm³/mol. The smallest absolute Gasteiger partial charge is 0.253 e. The molecule has 5 nitrogen and oxygen atoms in total. The molecule has 126 valence electrons. The summed E-state index contributed by atoms with van der Waals surface area (Å²) in [5, 5.41) is 8.40. The standard InChI is InChI=1S/C20H19N3O2/c24-20(16-10-5-2-6-11-16)23-13-7-12-17(14-23)19-22-21-18(25-19)15-8-3-1-4-9-15/h1-6,8-11,17H,7,12-14H2/t17-/m0/s1. The van der Waals surface area contributed by atoms with E-state index in [2.05, 4.69) is 10.2 Å². The number of hydrogen-bond acceptors (Lipinski definition) is 4. The molecule has 1 amide bonds. The molecule has 0 spiro atoms. The molecule has 0 saturated carbocycles. The summed E-state index contributed by atoms with van der Waals surface area (Å²) in [6, 6.07) is 19.1. The quantitative estimate of drug-likeness (QED) is 0.732. The number of nitrogens with zero attached hydrogens (tertiary/aromatic N) is 3. The van der Waals surface area contributed by atoms with Gasteiger partial charge in [-0.25, -0.2) is 0 Å². The first-order chi connectivity index (χ1) is 12.3. The van der Waals surface area contributed by atoms with E-state index >= 15 is 0 Å². The Morgan fingerprint density at radius 3 is 2.48 bits per heavy atom. The van der Waals surface area contributed by atoms with Crippen molar-refractivity contribution in [3.8, 4) is 11.5 Å². The van der Waals surface area contributed by atoms with Gasteiger partial charge in [-0.15, -0.1) is 10.2 Å². The van der Waals surface area contributed by atoms with E-state index in [4.69, 9.17) is 4.42 Å². The third-order valence-electron chi connectivity index (χ3n) is 4.54. The lowest BCUT2D eigenvalue weighted by Gasteiger charge is -2.31. The number of benzene rings is 2. The summed E-state index contributed by atoms with van der Waals surface area (Å²) >= 11 is 0. The average Bonchev–Trinajstić information content (AvgIpc) is 3.19. The molecule has 1 fully saturated rings. The second kappa shape index (κ2) is 6.89. The highest BCUT2D eigenvalue weighted by Gasteiger charge is 2.29. The Balaban J connectivity index is 1.50. The molecule has 0 bridgehead atoms. The van der Waals surface area contributed by atoms with Gasteiger partial charge < -0.3 is 9.32 Å². The molecule has 1 aromatic heterocycles. The van der Waals surface area contributed by atoms with E-state index in [0.717, 1.165) is 30.5 Å². The zero-order chi connectivity index (χ0) is 17.1. The van der Waals surface area contributed by atoms with E-state index in [1.165, 1.54) is 0 Å². The fourth-order valence-corrected chi connectivity index (χ4v) is 3.22. The fourth-order valence-electron chi connectivity index (χ4n) is 3.22. The first kappa shape index (κ1) is 15.6. The SMILES string of the molecule is O=C(c1ccccc1)N1CCC[C@H](c2nnc(-c3ccccc3)o2)C1. The van der Waals surface area contributed by atoms with E-state index in [1.54, 1.807) is 0 Å². The maximum absolute atomic E-state index is 12.7. The van der Waals surface area contributed by atoms with Crippen molar-refractivity contribution in [2.75, 3.05) is 13.1 Å². The zero-order valence-electron chi connectivity index (χ0n) is 13.8. The molecule has 1 aliphatic heterocycles. The molecule has 0 unspecified atom stereocenters. The van der Waals surface area contributed by atoms with Gasteiger partial charge in [-0.2, -0.15) is 0 Å². The highest BCUT2D eigenvalue weighted by Crippen LogP contribution is 2.29. The highest BCUT2D eigenvalue weighted by atomic mass is 16.4. The van der Waals surface area contributed by atoms with Crippen LogP contribution < -0.4 is 0 Å². The van der Waals surface area contributed by atoms with Gasteiger partial charge in [-0.1, -0.05) is 36.4 Å². The monoisotopic (exact) mass is 333 g/mol. The summed E-state index contributed by atoms with van der Waals surface area (Å²) in [5.74, 6) is 1.30. The van der Waals surface area contributed by atoms with Crippen molar-refractivity contribution < 1.29 is 9.21 Å². The van der Waals surface area contributed by atoms with Crippen molar-refractivity contribution in [1.82, 2.24) is 15.1 Å². The molecule has 0 radical (unpaired) electrons. The van der Waals surface area contributed by atoms with E-state index in [-0.39, 0.29) is 11.8 Å². The Kier molecular flexibility index (Phi) is 4.29. The molecular weight excluding hydrogens is 314 g/mol. The van der Waals surface area contributed by atoms with Crippen LogP contribution in [-0.2, 0) is 0 Å². The van der Waals surface area contributed by atoms with Crippen LogP contribution in [0, 0.1) is 0 Å². The Morgan fingerprint density at radius 1 is 1.00 bits per heavy atom. The van der Waals surface area contributed by atoms with Gasteiger partial charge in [0.15, 0.2) is 0 Å². The van der Waals surface area contributed by atoms with Gasteiger partial charge >= 0.3 is 0 Å². The van der Waals surface area contributed by atoms with Crippen molar-refractivity contribution in [1.29, 1.82) is 0 Å². The van der Waals surface area contributed by atoms with Crippen LogP contribution in [-0.4, -0.2) is 34.1 Å². The summed E-state index contributed by atoms with van der Waals surface area (Å²) in [6.45, 7) is 1.38. The summed E-state index contributed by atoms with van der Waals surface area (Å²) in [7, 11) is 0. The topological polar surface area (TPSA) is 59.2 Å². The number of amides is 1. The summed E-state index contributed by atoms with van der Waals surface area (Å²) in [4.78, 5) is 14.5. The minimum atomic E-state index is 0.0631. The second-order valence-corrected chi connectivity index (χ2v) is 6.27. The van der Waals surface area contributed by atoms with Crippen LogP contribution in [0.5, 0.6) is 0 Å². The van der Waals surface area contributed by atoms with E-state index in [0.29, 0.717) is 18.3 Å². The number of carbonyl (C=O) groups excluding carboxylic acids is 1. The Hall–Kier alpha value is -2.95. The van der Waals surface area contributed by atoms with Crippen LogP contribution in [0.3, 0.4) is 0 Å². The lowest BCUT2D eigenvalue weighted by molar-refractivity contribution is 0.0698. The van der Waals surface area contributed by atoms with Gasteiger partial charge in [-0.05, 0) is 37.1 Å². The molecule has 5 heteroatoms. The van der Waals surface area contributed by atoms with Gasteiger partial charge in [-0.3, -0.25) is 4.79 Å². The summed E-state index contributed by atoms with van der Waals surface area (Å²) < 4.78 is 5.88. The van der Waals surface area contributed by atoms with Crippen LogP contribution in [0.4, 0.5) is 0 Å². The minimum absolute atomic E-state index is 0.0631. The number of carbonyl (C=O) groups is 1. The lowest BCUT2D eigenvalue weighted by Crippen LogP contribution is -2.39. The molecular formula is C20H19N3O2. The second-order valence-electron chi connectivity index (χ2n) is 6.27. The van der Waals surface area contributed by atoms with Crippen molar-refractivity contribution in [3.63, 3.8) is 0 Å². The van der Waals surface area contributed by atoms with Gasteiger partial charge in [0, 0.05) is 24.2 Å². The fraction of sp³-hybridized carbons (Fsp3) is 0.250. The third-order valence-corrected chi connectivity index (χ3v) is 4.54. The molecule has 25 heavy (non-hydrogen) atoms. The van der Waals surface area contributed by atoms with Crippen molar-refractivity contribution in [2.45, 2.75) is 18.8 Å². The van der Waals surface area contributed by atoms with Crippen LogP contribution in [0.1, 0.15) is 35.0 Å². The largest absolute Gasteiger partial charge is 0.420 e. The molecule has 0 aliphatic carbocycles. The van der Waals surface area contributed by atoms with Gasteiger partial charge in [0.2, 0.25) is 11.8 Å². The Labute approximate surface area is 146 Å². The zero-order valence-corrected chi connectivity index (χ0v) is 13.8. The van der Waals surface area contributed by atoms with Gasteiger partial charge in [0.05, 0.1) is 5.92 Å². The maximum Gasteiger partial charge on any atom is 0.253 e. The van der Waals surface area contributed by atoms with E-state index < -0.39 is 0 Å². The maximum atomic E-state index is 12.7. The van der Waals surface area contributed by atoms with E-state index in [1.807, 2.05) is 65.6 Å². The predicted octanol–water partition coefficient (Wildman–Crippen LogP) is 3.76. The van der Waals surface area contributed by atoms with Crippen LogP contribution in [0.2, 0.25) is 0 Å². The molecule has 1 saturated heterocycles. The average molecular weight is 333 g/mol. The van der Waals surface area contributed by atoms with E-state index in [9.17, 15) is 4.79 Å². The van der Waals surface area contributed by atoms with Gasteiger partial charge in [0.1, 0.15) is 0 Å². The van der Waals surface area contributed by atoms with Crippen LogP contribution in [0.25, 0.3) is 11.5 Å². The molecule has 0 N–H and O–H groups in total. The first-order valence-corrected chi connectivity index (χ1v) is 8.54. The lowest BCUT2D eigenvalue weighted by atomic mass is 9.97. The number of rotatable bonds is 3. The number of aromatic nitrogens is 2. The van der Waals surface area contributed by atoms with Gasteiger partial charge in [0.25, 0.3) is 5.91 Å². The third kappa shape index (κ3) is 3.31. The molecule has 1 atom stereocenters. The highest BCUT2D eigenvalue weighted by molar-refractivity contribution is 5.94. The normalized spacial score (nSPS) is 17.4. The molecule has 4 rings (SSSR count). The summed E-state index contributed by atoms with van der Waals surface area (Å²) in [6.07, 6.45) is 1.89. The van der Waals surface area contributed by atoms with Crippen LogP contribution in [0.15, 0.2) is 65.1 Å². The number of likely N-dealkylation sites (tertiary alicyclic amines) is 1. The first-order valence-electron chi connectivity index (χ1n) is 8.54. The van der Waals surface area contributed by atoms with Crippen molar-refractivity contribution in [3.05, 3.63) is 72.1 Å².